The minimum Gasteiger partial charge on any atom is -0.322 e. The fraction of sp³-hybridized carbons (Fsp3) is 0.133. The van der Waals surface area contributed by atoms with E-state index < -0.39 is 28.2 Å². The zero-order valence-corrected chi connectivity index (χ0v) is 13.8. The lowest BCUT2D eigenvalue weighted by molar-refractivity contribution is -0.137. The van der Waals surface area contributed by atoms with Gasteiger partial charge in [-0.2, -0.15) is 13.2 Å². The molecule has 0 aliphatic carbocycles. The number of hydrogen-bond donors (Lipinski definition) is 2. The number of nitrogens with two attached hydrogens (primary N) is 1. The monoisotopic (exact) mass is 406 g/mol. The molecule has 2 aromatic carbocycles. The van der Waals surface area contributed by atoms with E-state index in [9.17, 15) is 18.0 Å². The summed E-state index contributed by atoms with van der Waals surface area (Å²) in [7, 11) is 0. The maximum atomic E-state index is 13.1. The second-order valence-electron chi connectivity index (χ2n) is 4.60. The fourth-order valence-corrected chi connectivity index (χ4v) is 2.69. The van der Waals surface area contributed by atoms with E-state index in [0.29, 0.717) is 11.3 Å². The van der Waals surface area contributed by atoms with Crippen molar-refractivity contribution in [3.63, 3.8) is 0 Å². The smallest absolute Gasteiger partial charge is 0.322 e. The topological polar surface area (TPSA) is 55.1 Å². The Bertz CT molecular complexity index is 735. The third-order valence-electron chi connectivity index (χ3n) is 3.05. The molecule has 1 amide bonds. The number of hydrogen-bond acceptors (Lipinski definition) is 2. The minimum absolute atomic E-state index is 0.280. The summed E-state index contributed by atoms with van der Waals surface area (Å²) in [6.45, 7) is 0. The maximum Gasteiger partial charge on any atom is 0.417 e. The molecular weight excluding hydrogens is 397 g/mol. The Labute approximate surface area is 143 Å². The van der Waals surface area contributed by atoms with Gasteiger partial charge in [-0.3, -0.25) is 4.79 Å². The molecule has 0 aliphatic heterocycles. The summed E-state index contributed by atoms with van der Waals surface area (Å²) in [6, 6.07) is 9.69. The predicted octanol–water partition coefficient (Wildman–Crippen LogP) is 4.96. The first kappa shape index (κ1) is 17.8. The number of nitrogens with one attached hydrogen (secondary N) is 1. The van der Waals surface area contributed by atoms with Gasteiger partial charge in [-0.05, 0) is 18.2 Å². The SMILES string of the molecule is NC(Br)c1ccccc1NC(=O)c1c(Cl)cccc1C(F)(F)F. The molecule has 23 heavy (non-hydrogen) atoms. The third kappa shape index (κ3) is 4.04. The van der Waals surface area contributed by atoms with Crippen molar-refractivity contribution < 1.29 is 18.0 Å². The van der Waals surface area contributed by atoms with Crippen molar-refractivity contribution in [3.05, 3.63) is 64.2 Å². The first-order valence-electron chi connectivity index (χ1n) is 6.37. The predicted molar refractivity (Wildman–Crippen MR) is 86.7 cm³/mol. The molecule has 3 N–H and O–H groups in total. The van der Waals surface area contributed by atoms with Crippen molar-refractivity contribution in [2.75, 3.05) is 5.32 Å². The second-order valence-corrected chi connectivity index (χ2v) is 6.00. The Morgan fingerprint density at radius 2 is 1.83 bits per heavy atom. The number of para-hydroxylation sites is 1. The lowest BCUT2D eigenvalue weighted by Crippen LogP contribution is -2.20. The van der Waals surface area contributed by atoms with Crippen LogP contribution in [0.25, 0.3) is 0 Å². The van der Waals surface area contributed by atoms with Gasteiger partial charge in [0.15, 0.2) is 0 Å². The van der Waals surface area contributed by atoms with Crippen LogP contribution < -0.4 is 11.1 Å². The highest BCUT2D eigenvalue weighted by atomic mass is 79.9. The van der Waals surface area contributed by atoms with E-state index in [0.717, 1.165) is 12.1 Å². The van der Waals surface area contributed by atoms with Crippen LogP contribution in [0.3, 0.4) is 0 Å². The van der Waals surface area contributed by atoms with Crippen LogP contribution in [-0.4, -0.2) is 5.91 Å². The van der Waals surface area contributed by atoms with Gasteiger partial charge in [0.25, 0.3) is 5.91 Å². The molecule has 2 aromatic rings. The molecule has 0 fully saturated rings. The van der Waals surface area contributed by atoms with E-state index in [2.05, 4.69) is 21.2 Å². The molecule has 122 valence electrons. The van der Waals surface area contributed by atoms with Crippen molar-refractivity contribution in [2.24, 2.45) is 5.73 Å². The molecule has 8 heteroatoms. The van der Waals surface area contributed by atoms with Crippen molar-refractivity contribution in [3.8, 4) is 0 Å². The Balaban J connectivity index is 2.44. The van der Waals surface area contributed by atoms with Crippen molar-refractivity contribution >= 4 is 39.1 Å². The van der Waals surface area contributed by atoms with Gasteiger partial charge in [-0.25, -0.2) is 0 Å². The average molecular weight is 408 g/mol. The van der Waals surface area contributed by atoms with Crippen LogP contribution in [-0.2, 0) is 6.18 Å². The molecule has 0 heterocycles. The maximum absolute atomic E-state index is 13.1. The normalized spacial score (nSPS) is 12.8. The first-order chi connectivity index (χ1) is 10.7. The number of benzene rings is 2. The summed E-state index contributed by atoms with van der Waals surface area (Å²) in [5.41, 5.74) is 4.83. The number of alkyl halides is 4. The molecule has 1 unspecified atom stereocenters. The van der Waals surface area contributed by atoms with Crippen LogP contribution in [0, 0.1) is 0 Å². The number of anilines is 1. The average Bonchev–Trinajstić information content (AvgIpc) is 2.46. The van der Waals surface area contributed by atoms with Gasteiger partial charge in [0, 0.05) is 11.3 Å². The molecular formula is C15H11BrClF3N2O. The molecule has 0 aromatic heterocycles. The van der Waals surface area contributed by atoms with Crippen molar-refractivity contribution in [1.29, 1.82) is 0 Å². The van der Waals surface area contributed by atoms with Gasteiger partial charge in [0.05, 0.1) is 21.1 Å². The molecule has 2 rings (SSSR count). The van der Waals surface area contributed by atoms with Gasteiger partial charge in [0.1, 0.15) is 0 Å². The van der Waals surface area contributed by atoms with E-state index in [4.69, 9.17) is 17.3 Å². The summed E-state index contributed by atoms with van der Waals surface area (Å²) >= 11 is 8.96. The van der Waals surface area contributed by atoms with E-state index in [1.807, 2.05) is 0 Å². The third-order valence-corrected chi connectivity index (χ3v) is 3.86. The number of amides is 1. The summed E-state index contributed by atoms with van der Waals surface area (Å²) in [5, 5.41) is 2.15. The van der Waals surface area contributed by atoms with Crippen LogP contribution >= 0.6 is 27.5 Å². The quantitative estimate of drug-likeness (QED) is 0.558. The Morgan fingerprint density at radius 3 is 2.43 bits per heavy atom. The van der Waals surface area contributed by atoms with Gasteiger partial charge < -0.3 is 11.1 Å². The standard InChI is InChI=1S/C15H11BrClF3N2O/c16-13(21)8-4-1-2-7-11(8)22-14(23)12-9(15(18,19)20)5-3-6-10(12)17/h1-7,13H,21H2,(H,22,23). The van der Waals surface area contributed by atoms with Gasteiger partial charge >= 0.3 is 6.18 Å². The minimum atomic E-state index is -4.69. The van der Waals surface area contributed by atoms with Crippen LogP contribution in [0.15, 0.2) is 42.5 Å². The number of carbonyl (C=O) groups is 1. The van der Waals surface area contributed by atoms with Crippen LogP contribution in [0.2, 0.25) is 5.02 Å². The highest BCUT2D eigenvalue weighted by Crippen LogP contribution is 2.35. The number of rotatable bonds is 3. The molecule has 1 atom stereocenters. The molecule has 0 bridgehead atoms. The van der Waals surface area contributed by atoms with Crippen molar-refractivity contribution in [2.45, 2.75) is 11.1 Å². The van der Waals surface area contributed by atoms with E-state index >= 15 is 0 Å². The molecule has 0 saturated carbocycles. The first-order valence-corrected chi connectivity index (χ1v) is 7.67. The molecule has 0 aliphatic rings. The van der Waals surface area contributed by atoms with Gasteiger partial charge in [0.2, 0.25) is 0 Å². The largest absolute Gasteiger partial charge is 0.417 e. The zero-order valence-electron chi connectivity index (χ0n) is 11.5. The Morgan fingerprint density at radius 1 is 1.17 bits per heavy atom. The highest BCUT2D eigenvalue weighted by molar-refractivity contribution is 9.09. The number of carbonyl (C=O) groups excluding carboxylic acids is 1. The highest BCUT2D eigenvalue weighted by Gasteiger charge is 2.36. The van der Waals surface area contributed by atoms with Gasteiger partial charge in [-0.15, -0.1) is 0 Å². The summed E-state index contributed by atoms with van der Waals surface area (Å²) in [6.07, 6.45) is -4.69. The van der Waals surface area contributed by atoms with Crippen LogP contribution in [0.4, 0.5) is 18.9 Å². The Kier molecular flexibility index (Phi) is 5.33. The molecule has 0 spiro atoms. The lowest BCUT2D eigenvalue weighted by atomic mass is 10.1. The van der Waals surface area contributed by atoms with Crippen LogP contribution in [0.1, 0.15) is 26.4 Å². The fourth-order valence-electron chi connectivity index (χ4n) is 2.03. The van der Waals surface area contributed by atoms with Crippen molar-refractivity contribution in [1.82, 2.24) is 0 Å². The van der Waals surface area contributed by atoms with Gasteiger partial charge in [-0.1, -0.05) is 51.8 Å². The lowest BCUT2D eigenvalue weighted by Gasteiger charge is -2.16. The summed E-state index contributed by atoms with van der Waals surface area (Å²) in [5.74, 6) is -0.955. The Hall–Kier alpha value is -1.57. The molecule has 0 saturated heterocycles. The molecule has 3 nitrogen and oxygen atoms in total. The zero-order chi connectivity index (χ0) is 17.2. The number of halogens is 5. The van der Waals surface area contributed by atoms with E-state index in [1.54, 1.807) is 24.3 Å². The second kappa shape index (κ2) is 6.90. The van der Waals surface area contributed by atoms with Crippen LogP contribution in [0.5, 0.6) is 0 Å². The summed E-state index contributed by atoms with van der Waals surface area (Å²) < 4.78 is 39.2. The van der Waals surface area contributed by atoms with E-state index in [1.165, 1.54) is 6.07 Å². The van der Waals surface area contributed by atoms with E-state index in [-0.39, 0.29) is 5.02 Å². The summed E-state index contributed by atoms with van der Waals surface area (Å²) in [4.78, 5) is 11.7. The molecule has 0 radical (unpaired) electrons.